The zero-order valence-electron chi connectivity index (χ0n) is 27.3. The molecule has 9 heteroatoms. The lowest BCUT2D eigenvalue weighted by Gasteiger charge is -2.31. The molecule has 0 saturated carbocycles. The Labute approximate surface area is 256 Å². The van der Waals surface area contributed by atoms with Gasteiger partial charge in [-0.2, -0.15) is 12.6 Å². The van der Waals surface area contributed by atoms with E-state index in [1.807, 2.05) is 0 Å². The van der Waals surface area contributed by atoms with E-state index in [1.165, 1.54) is 51.4 Å². The van der Waals surface area contributed by atoms with Crippen LogP contribution >= 0.6 is 12.6 Å². The van der Waals surface area contributed by atoms with Gasteiger partial charge in [-0.1, -0.05) is 73.1 Å². The topological polar surface area (TPSA) is 52.6 Å². The van der Waals surface area contributed by atoms with Gasteiger partial charge in [0.2, 0.25) is 0 Å². The third-order valence-corrected chi connectivity index (χ3v) is 9.46. The van der Waals surface area contributed by atoms with Crippen LogP contribution in [0, 0.1) is 0 Å². The Morgan fingerprint density at radius 3 is 1.32 bits per heavy atom. The second-order valence-electron chi connectivity index (χ2n) is 10.7. The fraction of sp³-hybridized carbons (Fsp3) is 1.00. The molecule has 40 heavy (non-hydrogen) atoms. The highest BCUT2D eigenvalue weighted by atomic mass is 32.1. The van der Waals surface area contributed by atoms with Gasteiger partial charge in [0.15, 0.2) is 0 Å². The van der Waals surface area contributed by atoms with E-state index in [0.29, 0.717) is 33.0 Å². The van der Waals surface area contributed by atoms with Crippen molar-refractivity contribution in [3.8, 4) is 0 Å². The highest BCUT2D eigenvalue weighted by molar-refractivity contribution is 7.80. The van der Waals surface area contributed by atoms with Crippen LogP contribution in [0.25, 0.3) is 0 Å². The molecule has 0 aliphatic heterocycles. The Morgan fingerprint density at radius 1 is 0.425 bits per heavy atom. The second kappa shape index (κ2) is 30.7. The van der Waals surface area contributed by atoms with Gasteiger partial charge < -0.3 is 32.2 Å². The summed E-state index contributed by atoms with van der Waals surface area (Å²) >= 11 is 4.36. The molecule has 0 unspecified atom stereocenters. The zero-order valence-corrected chi connectivity index (χ0v) is 29.2. The maximum Gasteiger partial charge on any atom is 0.679 e. The Hall–Kier alpha value is 0.287. The van der Waals surface area contributed by atoms with Gasteiger partial charge in [0.25, 0.3) is 0 Å². The largest absolute Gasteiger partial charge is 0.679 e. The molecule has 0 aromatic carbocycles. The van der Waals surface area contributed by atoms with Crippen LogP contribution in [0.2, 0.25) is 0 Å². The standard InChI is InChI=1S/C31H68N2O5SSi/c1-6-11-19-32(20-12-7-2)23-27-36-40(35-26-17-16-18-31-39,38-30-29-34-25-15-10-5)37-28-24-33(21-13-8-3)22-14-9-4/h39H,6-31H2,1-5H3. The number of rotatable bonds is 33. The summed E-state index contributed by atoms with van der Waals surface area (Å²) in [6.45, 7) is 20.8. The summed E-state index contributed by atoms with van der Waals surface area (Å²) in [7, 11) is -3.34. The predicted octanol–water partition coefficient (Wildman–Crippen LogP) is 7.21. The average Bonchev–Trinajstić information content (AvgIpc) is 2.96. The van der Waals surface area contributed by atoms with E-state index in [1.54, 1.807) is 0 Å². The van der Waals surface area contributed by atoms with Crippen molar-refractivity contribution in [2.24, 2.45) is 0 Å². The molecule has 0 N–H and O–H groups in total. The van der Waals surface area contributed by atoms with Gasteiger partial charge in [-0.3, -0.25) is 0 Å². The number of hydrogen-bond acceptors (Lipinski definition) is 8. The Bertz CT molecular complexity index is 468. The molecular formula is C31H68N2O5SSi. The maximum atomic E-state index is 6.54. The first-order chi connectivity index (χ1) is 19.6. The van der Waals surface area contributed by atoms with Crippen molar-refractivity contribution < 1.29 is 22.4 Å². The molecule has 0 saturated heterocycles. The SMILES string of the molecule is CCCCOCCO[Si](OCCCCCS)(OCCN(CCCC)CCCC)OCCN(CCCC)CCCC. The first-order valence-electron chi connectivity index (χ1n) is 16.8. The lowest BCUT2D eigenvalue weighted by molar-refractivity contribution is -0.0513. The second-order valence-corrected chi connectivity index (χ2v) is 13.3. The van der Waals surface area contributed by atoms with Crippen molar-refractivity contribution in [3.63, 3.8) is 0 Å². The quantitative estimate of drug-likeness (QED) is 0.0480. The number of nitrogens with zero attached hydrogens (tertiary/aromatic N) is 2. The summed E-state index contributed by atoms with van der Waals surface area (Å²) in [5.41, 5.74) is 0. The maximum absolute atomic E-state index is 6.54. The van der Waals surface area contributed by atoms with Crippen molar-refractivity contribution in [3.05, 3.63) is 0 Å². The molecule has 0 atom stereocenters. The molecule has 0 aliphatic rings. The van der Waals surface area contributed by atoms with Crippen molar-refractivity contribution in [1.29, 1.82) is 0 Å². The lowest BCUT2D eigenvalue weighted by atomic mass is 10.2. The van der Waals surface area contributed by atoms with Crippen molar-refractivity contribution in [1.82, 2.24) is 9.80 Å². The monoisotopic (exact) mass is 608 g/mol. The van der Waals surface area contributed by atoms with Gasteiger partial charge in [0.05, 0.1) is 26.4 Å². The predicted molar refractivity (Wildman–Crippen MR) is 176 cm³/mol. The van der Waals surface area contributed by atoms with Gasteiger partial charge >= 0.3 is 9.05 Å². The van der Waals surface area contributed by atoms with E-state index in [4.69, 9.17) is 22.4 Å². The van der Waals surface area contributed by atoms with Crippen LogP contribution in [0.1, 0.15) is 118 Å². The minimum atomic E-state index is -3.34. The number of hydrogen-bond donors (Lipinski definition) is 1. The zero-order chi connectivity index (χ0) is 29.6. The molecule has 0 radical (unpaired) electrons. The fourth-order valence-corrected chi connectivity index (χ4v) is 6.34. The molecule has 0 amide bonds. The molecule has 0 heterocycles. The van der Waals surface area contributed by atoms with Crippen molar-refractivity contribution >= 4 is 21.7 Å². The third-order valence-electron chi connectivity index (χ3n) is 6.91. The normalized spacial score (nSPS) is 12.3. The minimum absolute atomic E-state index is 0.428. The summed E-state index contributed by atoms with van der Waals surface area (Å²) in [5.74, 6) is 0.901. The van der Waals surface area contributed by atoms with E-state index in [0.717, 1.165) is 83.7 Å². The molecule has 0 bridgehead atoms. The van der Waals surface area contributed by atoms with Crippen LogP contribution in [0.15, 0.2) is 0 Å². The van der Waals surface area contributed by atoms with Gasteiger partial charge in [-0.05, 0) is 76.9 Å². The van der Waals surface area contributed by atoms with Crippen LogP contribution in [-0.2, 0) is 22.4 Å². The molecule has 0 aromatic heterocycles. The van der Waals surface area contributed by atoms with E-state index in [9.17, 15) is 0 Å². The minimum Gasteiger partial charge on any atom is -0.379 e. The molecule has 7 nitrogen and oxygen atoms in total. The van der Waals surface area contributed by atoms with Gasteiger partial charge in [-0.15, -0.1) is 0 Å². The summed E-state index contributed by atoms with van der Waals surface area (Å²) < 4.78 is 31.7. The lowest BCUT2D eigenvalue weighted by Crippen LogP contribution is -2.52. The molecule has 0 aliphatic carbocycles. The Kier molecular flexibility index (Phi) is 31.0. The summed E-state index contributed by atoms with van der Waals surface area (Å²) in [6, 6.07) is 0. The highest BCUT2D eigenvalue weighted by Crippen LogP contribution is 2.15. The summed E-state index contributed by atoms with van der Waals surface area (Å²) in [5, 5.41) is 0. The molecule has 242 valence electrons. The van der Waals surface area contributed by atoms with E-state index in [2.05, 4.69) is 57.0 Å². The highest BCUT2D eigenvalue weighted by Gasteiger charge is 2.46. The van der Waals surface area contributed by atoms with Gasteiger partial charge in [0.1, 0.15) is 0 Å². The van der Waals surface area contributed by atoms with Crippen LogP contribution < -0.4 is 0 Å². The first kappa shape index (κ1) is 40.3. The van der Waals surface area contributed by atoms with E-state index < -0.39 is 9.05 Å². The third kappa shape index (κ3) is 23.8. The van der Waals surface area contributed by atoms with E-state index in [-0.39, 0.29) is 0 Å². The number of unbranched alkanes of at least 4 members (excludes halogenated alkanes) is 7. The smallest absolute Gasteiger partial charge is 0.379 e. The summed E-state index contributed by atoms with van der Waals surface area (Å²) in [6.07, 6.45) is 15.0. The van der Waals surface area contributed by atoms with Crippen molar-refractivity contribution in [2.75, 3.05) is 84.7 Å². The average molecular weight is 609 g/mol. The van der Waals surface area contributed by atoms with Crippen LogP contribution in [-0.4, -0.2) is 104 Å². The molecule has 0 rings (SSSR count). The number of ether oxygens (including phenoxy) is 1. The molecular weight excluding hydrogens is 541 g/mol. The van der Waals surface area contributed by atoms with Gasteiger partial charge in [0, 0.05) is 26.3 Å². The Morgan fingerprint density at radius 2 is 0.875 bits per heavy atom. The van der Waals surface area contributed by atoms with Crippen LogP contribution in [0.4, 0.5) is 0 Å². The van der Waals surface area contributed by atoms with Crippen LogP contribution in [0.3, 0.4) is 0 Å². The fourth-order valence-electron chi connectivity index (χ4n) is 4.21. The van der Waals surface area contributed by atoms with Gasteiger partial charge in [-0.25, -0.2) is 0 Å². The van der Waals surface area contributed by atoms with Crippen LogP contribution in [0.5, 0.6) is 0 Å². The molecule has 0 aromatic rings. The van der Waals surface area contributed by atoms with Crippen molar-refractivity contribution in [2.45, 2.75) is 118 Å². The van der Waals surface area contributed by atoms with E-state index >= 15 is 0 Å². The summed E-state index contributed by atoms with van der Waals surface area (Å²) in [4.78, 5) is 5.04. The number of thiol groups is 1. The molecule has 0 spiro atoms. The first-order valence-corrected chi connectivity index (χ1v) is 19.1. The molecule has 0 fully saturated rings. The Balaban J connectivity index is 5.40.